The van der Waals surface area contributed by atoms with Gasteiger partial charge < -0.3 is 14.4 Å². The van der Waals surface area contributed by atoms with Crippen molar-refractivity contribution >= 4 is 5.91 Å². The Kier molecular flexibility index (Phi) is 6.49. The number of rotatable bonds is 8. The summed E-state index contributed by atoms with van der Waals surface area (Å²) in [7, 11) is 5.06. The zero-order valence-electron chi connectivity index (χ0n) is 17.3. The van der Waals surface area contributed by atoms with Crippen molar-refractivity contribution in [3.8, 4) is 11.5 Å². The van der Waals surface area contributed by atoms with E-state index in [-0.39, 0.29) is 5.91 Å². The van der Waals surface area contributed by atoms with Crippen LogP contribution in [0.25, 0.3) is 0 Å². The number of nitrogens with zero attached hydrogens (tertiary/aromatic N) is 4. The molecule has 0 fully saturated rings. The highest BCUT2D eigenvalue weighted by Gasteiger charge is 2.20. The van der Waals surface area contributed by atoms with Gasteiger partial charge in [0, 0.05) is 38.2 Å². The van der Waals surface area contributed by atoms with E-state index in [4.69, 9.17) is 9.47 Å². The van der Waals surface area contributed by atoms with Gasteiger partial charge in [0.25, 0.3) is 5.91 Å². The maximum Gasteiger partial charge on any atom is 0.274 e. The van der Waals surface area contributed by atoms with Gasteiger partial charge in [-0.15, -0.1) is 0 Å². The summed E-state index contributed by atoms with van der Waals surface area (Å²) in [4.78, 5) is 19.0. The van der Waals surface area contributed by atoms with E-state index < -0.39 is 0 Å². The van der Waals surface area contributed by atoms with Crippen LogP contribution in [-0.4, -0.2) is 46.3 Å². The fourth-order valence-corrected chi connectivity index (χ4v) is 3.09. The van der Waals surface area contributed by atoms with Crippen LogP contribution in [0.4, 0.5) is 0 Å². The first-order valence-electron chi connectivity index (χ1n) is 9.41. The van der Waals surface area contributed by atoms with E-state index in [0.717, 1.165) is 16.8 Å². The fourth-order valence-electron chi connectivity index (χ4n) is 3.09. The SMILES string of the molecule is COc1ccc(CCN(Cc2ccncc2)C(=O)c2cc(C)n(C)n2)cc1OC. The molecule has 0 bridgehead atoms. The van der Waals surface area contributed by atoms with Crippen LogP contribution in [0.5, 0.6) is 11.5 Å². The lowest BCUT2D eigenvalue weighted by Crippen LogP contribution is -2.33. The van der Waals surface area contributed by atoms with Crippen LogP contribution < -0.4 is 9.47 Å². The van der Waals surface area contributed by atoms with Crippen LogP contribution in [0, 0.1) is 6.92 Å². The minimum atomic E-state index is -0.0917. The summed E-state index contributed by atoms with van der Waals surface area (Å²) in [6.45, 7) is 2.97. The van der Waals surface area contributed by atoms with Gasteiger partial charge in [-0.1, -0.05) is 6.07 Å². The van der Waals surface area contributed by atoms with Gasteiger partial charge in [-0.3, -0.25) is 14.5 Å². The van der Waals surface area contributed by atoms with Crippen molar-refractivity contribution in [2.45, 2.75) is 19.9 Å². The van der Waals surface area contributed by atoms with E-state index in [9.17, 15) is 4.79 Å². The molecule has 0 saturated carbocycles. The highest BCUT2D eigenvalue weighted by atomic mass is 16.5. The Morgan fingerprint density at radius 3 is 2.38 bits per heavy atom. The average Bonchev–Trinajstić information content (AvgIpc) is 3.09. The van der Waals surface area contributed by atoms with Crippen LogP contribution in [-0.2, 0) is 20.0 Å². The molecular weight excluding hydrogens is 368 g/mol. The number of aryl methyl sites for hydroxylation is 2. The number of hydrogen-bond acceptors (Lipinski definition) is 5. The molecule has 0 spiro atoms. The molecule has 3 rings (SSSR count). The number of carbonyl (C=O) groups is 1. The minimum Gasteiger partial charge on any atom is -0.493 e. The molecule has 2 aromatic heterocycles. The van der Waals surface area contributed by atoms with Gasteiger partial charge in [0.1, 0.15) is 0 Å². The topological polar surface area (TPSA) is 69.5 Å². The summed E-state index contributed by atoms with van der Waals surface area (Å²) < 4.78 is 12.4. The largest absolute Gasteiger partial charge is 0.493 e. The molecule has 0 aliphatic heterocycles. The van der Waals surface area contributed by atoms with Crippen molar-refractivity contribution in [3.05, 3.63) is 71.3 Å². The van der Waals surface area contributed by atoms with Gasteiger partial charge in [0.05, 0.1) is 14.2 Å². The first-order chi connectivity index (χ1) is 14.0. The number of hydrogen-bond donors (Lipinski definition) is 0. The normalized spacial score (nSPS) is 10.6. The van der Waals surface area contributed by atoms with E-state index >= 15 is 0 Å². The fraction of sp³-hybridized carbons (Fsp3) is 0.318. The van der Waals surface area contributed by atoms with Crippen molar-refractivity contribution in [1.82, 2.24) is 19.7 Å². The predicted molar refractivity (Wildman–Crippen MR) is 110 cm³/mol. The molecule has 7 heteroatoms. The standard InChI is InChI=1S/C22H26N4O3/c1-16-13-19(24-25(16)2)22(27)26(15-18-7-10-23-11-8-18)12-9-17-5-6-20(28-3)21(14-17)29-4/h5-8,10-11,13-14H,9,12,15H2,1-4H3. The molecule has 0 saturated heterocycles. The molecule has 0 atom stereocenters. The minimum absolute atomic E-state index is 0.0917. The van der Waals surface area contributed by atoms with Crippen LogP contribution in [0.3, 0.4) is 0 Å². The Morgan fingerprint density at radius 1 is 1.03 bits per heavy atom. The van der Waals surface area contributed by atoms with E-state index in [1.807, 2.05) is 55.3 Å². The van der Waals surface area contributed by atoms with Crippen LogP contribution in [0.2, 0.25) is 0 Å². The zero-order valence-corrected chi connectivity index (χ0v) is 17.3. The quantitative estimate of drug-likeness (QED) is 0.587. The number of aromatic nitrogens is 3. The van der Waals surface area contributed by atoms with Gasteiger partial charge in [-0.25, -0.2) is 0 Å². The Hall–Kier alpha value is -3.35. The van der Waals surface area contributed by atoms with Gasteiger partial charge in [-0.05, 0) is 54.8 Å². The molecule has 0 radical (unpaired) electrons. The molecule has 0 aliphatic rings. The van der Waals surface area contributed by atoms with Gasteiger partial charge in [0.15, 0.2) is 17.2 Å². The second kappa shape index (κ2) is 9.23. The molecule has 1 amide bonds. The first-order valence-corrected chi connectivity index (χ1v) is 9.41. The Labute approximate surface area is 170 Å². The molecule has 3 aromatic rings. The highest BCUT2D eigenvalue weighted by Crippen LogP contribution is 2.27. The molecule has 0 unspecified atom stereocenters. The van der Waals surface area contributed by atoms with Gasteiger partial charge in [0.2, 0.25) is 0 Å². The number of pyridine rings is 1. The van der Waals surface area contributed by atoms with E-state index in [1.54, 1.807) is 31.3 Å². The monoisotopic (exact) mass is 394 g/mol. The van der Waals surface area contributed by atoms with Crippen molar-refractivity contribution in [2.75, 3.05) is 20.8 Å². The number of benzene rings is 1. The molecule has 1 aromatic carbocycles. The lowest BCUT2D eigenvalue weighted by Gasteiger charge is -2.22. The van der Waals surface area contributed by atoms with Crippen LogP contribution >= 0.6 is 0 Å². The molecule has 152 valence electrons. The first kappa shape index (κ1) is 20.4. The maximum absolute atomic E-state index is 13.1. The molecule has 7 nitrogen and oxygen atoms in total. The Morgan fingerprint density at radius 2 is 1.76 bits per heavy atom. The number of amides is 1. The van der Waals surface area contributed by atoms with Gasteiger partial charge >= 0.3 is 0 Å². The molecular formula is C22H26N4O3. The Balaban J connectivity index is 1.80. The third kappa shape index (κ3) is 4.93. The molecule has 0 aliphatic carbocycles. The van der Waals surface area contributed by atoms with Crippen molar-refractivity contribution in [1.29, 1.82) is 0 Å². The molecule has 0 N–H and O–H groups in total. The zero-order chi connectivity index (χ0) is 20.8. The second-order valence-corrected chi connectivity index (χ2v) is 6.82. The summed E-state index contributed by atoms with van der Waals surface area (Å²) in [6.07, 6.45) is 4.15. The highest BCUT2D eigenvalue weighted by molar-refractivity contribution is 5.92. The average molecular weight is 394 g/mol. The van der Waals surface area contributed by atoms with Crippen LogP contribution in [0.15, 0.2) is 48.8 Å². The third-order valence-electron chi connectivity index (χ3n) is 4.86. The summed E-state index contributed by atoms with van der Waals surface area (Å²) in [5, 5.41) is 4.35. The van der Waals surface area contributed by atoms with E-state index in [2.05, 4.69) is 10.1 Å². The smallest absolute Gasteiger partial charge is 0.274 e. The third-order valence-corrected chi connectivity index (χ3v) is 4.86. The van der Waals surface area contributed by atoms with Crippen LogP contribution in [0.1, 0.15) is 27.3 Å². The van der Waals surface area contributed by atoms with Crippen molar-refractivity contribution < 1.29 is 14.3 Å². The number of ether oxygens (including phenoxy) is 2. The van der Waals surface area contributed by atoms with E-state index in [1.165, 1.54) is 0 Å². The summed E-state index contributed by atoms with van der Waals surface area (Å²) in [5.41, 5.74) is 3.48. The second-order valence-electron chi connectivity index (χ2n) is 6.82. The lowest BCUT2D eigenvalue weighted by atomic mass is 10.1. The molecule has 2 heterocycles. The van der Waals surface area contributed by atoms with E-state index in [0.29, 0.717) is 36.7 Å². The predicted octanol–water partition coefficient (Wildman–Crippen LogP) is 3.03. The number of methoxy groups -OCH3 is 2. The lowest BCUT2D eigenvalue weighted by molar-refractivity contribution is 0.0738. The Bertz CT molecular complexity index is 950. The summed E-state index contributed by atoms with van der Waals surface area (Å²) >= 11 is 0. The maximum atomic E-state index is 13.1. The number of carbonyl (C=O) groups excluding carboxylic acids is 1. The summed E-state index contributed by atoms with van der Waals surface area (Å²) in [5.74, 6) is 1.27. The van der Waals surface area contributed by atoms with Crippen molar-refractivity contribution in [3.63, 3.8) is 0 Å². The molecule has 29 heavy (non-hydrogen) atoms. The van der Waals surface area contributed by atoms with Gasteiger partial charge in [-0.2, -0.15) is 5.10 Å². The van der Waals surface area contributed by atoms with Crippen molar-refractivity contribution in [2.24, 2.45) is 7.05 Å². The summed E-state index contributed by atoms with van der Waals surface area (Å²) in [6, 6.07) is 11.5.